The van der Waals surface area contributed by atoms with Crippen LogP contribution in [0, 0.1) is 0 Å². The lowest BCUT2D eigenvalue weighted by Crippen LogP contribution is -2.45. The molecule has 4 aromatic carbocycles. The van der Waals surface area contributed by atoms with Crippen molar-refractivity contribution in [1.82, 2.24) is 4.72 Å². The number of methoxy groups -OCH3 is 2. The molecule has 0 bridgehead atoms. The van der Waals surface area contributed by atoms with Gasteiger partial charge in [0.2, 0.25) is 0 Å². The third kappa shape index (κ3) is 8.01. The van der Waals surface area contributed by atoms with E-state index in [0.717, 1.165) is 23.7 Å². The Morgan fingerprint density at radius 2 is 1.36 bits per heavy atom. The minimum atomic E-state index is -4.35. The van der Waals surface area contributed by atoms with Gasteiger partial charge in [-0.1, -0.05) is 42.5 Å². The molecule has 0 aliphatic carbocycles. The Kier molecular flexibility index (Phi) is 10.8. The van der Waals surface area contributed by atoms with Gasteiger partial charge in [0.25, 0.3) is 15.9 Å². The van der Waals surface area contributed by atoms with Gasteiger partial charge in [-0.2, -0.15) is 0 Å². The van der Waals surface area contributed by atoms with Crippen LogP contribution in [-0.2, 0) is 14.8 Å². The molecule has 0 saturated heterocycles. The maximum Gasteiger partial charge on any atom is 0.340 e. The highest BCUT2D eigenvalue weighted by Gasteiger charge is 2.30. The molecular weight excluding hydrogens is 592 g/mol. The van der Waals surface area contributed by atoms with Crippen molar-refractivity contribution in [3.63, 3.8) is 0 Å². The van der Waals surface area contributed by atoms with Crippen LogP contribution in [0.25, 0.3) is 6.08 Å². The van der Waals surface area contributed by atoms with E-state index in [0.29, 0.717) is 22.7 Å². The summed E-state index contributed by atoms with van der Waals surface area (Å²) < 4.78 is 39.4. The van der Waals surface area contributed by atoms with Gasteiger partial charge in [-0.15, -0.1) is 0 Å². The van der Waals surface area contributed by atoms with E-state index in [-0.39, 0.29) is 16.3 Å². The van der Waals surface area contributed by atoms with E-state index in [1.54, 1.807) is 60.7 Å². The minimum absolute atomic E-state index is 0.134. The largest absolute Gasteiger partial charge is 0.497 e. The average Bonchev–Trinajstić information content (AvgIpc) is 3.06. The predicted octanol–water partition coefficient (Wildman–Crippen LogP) is 6.13. The highest BCUT2D eigenvalue weighted by Crippen LogP contribution is 2.29. The number of hydrogen-bond donors (Lipinski definition) is 2. The number of amides is 3. The zero-order chi connectivity index (χ0) is 32.4. The molecule has 0 radical (unpaired) electrons. The second kappa shape index (κ2) is 14.9. The number of para-hydroxylation sites is 2. The highest BCUT2D eigenvalue weighted by atomic mass is 32.2. The highest BCUT2D eigenvalue weighted by molar-refractivity contribution is 7.90. The summed E-state index contributed by atoms with van der Waals surface area (Å²) in [7, 11) is -1.41. The number of hydrogen-bond acceptors (Lipinski definition) is 7. The topological polar surface area (TPSA) is 117 Å². The van der Waals surface area contributed by atoms with E-state index in [2.05, 4.69) is 14.9 Å². The summed E-state index contributed by atoms with van der Waals surface area (Å²) >= 11 is 0. The third-order valence-corrected chi connectivity index (χ3v) is 8.30. The van der Waals surface area contributed by atoms with Crippen LogP contribution >= 0.6 is 0 Å². The molecule has 3 amide bonds. The van der Waals surface area contributed by atoms with Gasteiger partial charge in [0.1, 0.15) is 17.2 Å². The predicted molar refractivity (Wildman–Crippen MR) is 177 cm³/mol. The number of urea groups is 1. The van der Waals surface area contributed by atoms with Crippen molar-refractivity contribution in [2.24, 2.45) is 0 Å². The Bertz CT molecular complexity index is 1740. The number of carbonyl (C=O) groups is 2. The van der Waals surface area contributed by atoms with Crippen LogP contribution in [0.1, 0.15) is 19.4 Å². The van der Waals surface area contributed by atoms with Crippen molar-refractivity contribution in [3.05, 3.63) is 114 Å². The van der Waals surface area contributed by atoms with E-state index in [1.807, 2.05) is 32.0 Å². The molecule has 10 nitrogen and oxygen atoms in total. The average molecular weight is 629 g/mol. The monoisotopic (exact) mass is 628 g/mol. The lowest BCUT2D eigenvalue weighted by molar-refractivity contribution is -0.112. The molecule has 0 saturated carbocycles. The number of ether oxygens (including phenoxy) is 2. The Balaban J connectivity index is 1.84. The Morgan fingerprint density at radius 3 is 1.96 bits per heavy atom. The van der Waals surface area contributed by atoms with E-state index < -0.39 is 22.0 Å². The molecule has 2 N–H and O–H groups in total. The van der Waals surface area contributed by atoms with Gasteiger partial charge in [0.15, 0.2) is 0 Å². The molecule has 4 rings (SSSR count). The fourth-order valence-electron chi connectivity index (χ4n) is 4.61. The van der Waals surface area contributed by atoms with Gasteiger partial charge in [-0.3, -0.25) is 9.69 Å². The Morgan fingerprint density at radius 1 is 0.756 bits per heavy atom. The van der Waals surface area contributed by atoms with E-state index in [4.69, 9.17) is 9.47 Å². The number of rotatable bonds is 12. The summed E-state index contributed by atoms with van der Waals surface area (Å²) in [5.74, 6) is 0.191. The molecule has 0 heterocycles. The Hall–Kier alpha value is -5.29. The fraction of sp³-hybridized carbons (Fsp3) is 0.176. The quantitative estimate of drug-likeness (QED) is 0.181. The molecule has 0 aliphatic rings. The van der Waals surface area contributed by atoms with Crippen molar-refractivity contribution < 1.29 is 27.5 Å². The molecule has 234 valence electrons. The van der Waals surface area contributed by atoms with Gasteiger partial charge >= 0.3 is 6.03 Å². The van der Waals surface area contributed by atoms with Crippen LogP contribution in [0.15, 0.2) is 114 Å². The van der Waals surface area contributed by atoms with E-state index >= 15 is 0 Å². The van der Waals surface area contributed by atoms with Crippen LogP contribution in [0.2, 0.25) is 0 Å². The number of anilines is 3. The lowest BCUT2D eigenvalue weighted by Gasteiger charge is -2.27. The first-order valence-electron chi connectivity index (χ1n) is 14.3. The van der Waals surface area contributed by atoms with E-state index in [9.17, 15) is 18.0 Å². The van der Waals surface area contributed by atoms with Crippen LogP contribution in [0.4, 0.5) is 21.9 Å². The van der Waals surface area contributed by atoms with Crippen molar-refractivity contribution in [2.45, 2.75) is 18.7 Å². The van der Waals surface area contributed by atoms with Crippen molar-refractivity contribution >= 4 is 45.1 Å². The summed E-state index contributed by atoms with van der Waals surface area (Å²) in [6, 6.07) is 27.3. The molecule has 0 aromatic heterocycles. The lowest BCUT2D eigenvalue weighted by atomic mass is 10.1. The number of carbonyl (C=O) groups excluding carboxylic acids is 2. The molecule has 0 fully saturated rings. The molecule has 0 aliphatic heterocycles. The number of nitrogens with zero attached hydrogens (tertiary/aromatic N) is 2. The smallest absolute Gasteiger partial charge is 0.340 e. The second-order valence-electron chi connectivity index (χ2n) is 9.70. The summed E-state index contributed by atoms with van der Waals surface area (Å²) in [5.41, 5.74) is 2.02. The van der Waals surface area contributed by atoms with Crippen LogP contribution in [0.3, 0.4) is 0 Å². The molecule has 0 atom stereocenters. The zero-order valence-electron chi connectivity index (χ0n) is 25.6. The van der Waals surface area contributed by atoms with Gasteiger partial charge in [-0.25, -0.2) is 17.9 Å². The Labute approximate surface area is 263 Å². The summed E-state index contributed by atoms with van der Waals surface area (Å²) in [6.45, 7) is 5.59. The van der Waals surface area contributed by atoms with Crippen LogP contribution in [0.5, 0.6) is 11.5 Å². The van der Waals surface area contributed by atoms with Crippen molar-refractivity contribution in [1.29, 1.82) is 0 Å². The minimum Gasteiger partial charge on any atom is -0.497 e. The van der Waals surface area contributed by atoms with Crippen molar-refractivity contribution in [2.75, 3.05) is 42.4 Å². The zero-order valence-corrected chi connectivity index (χ0v) is 26.4. The van der Waals surface area contributed by atoms with Gasteiger partial charge < -0.3 is 19.7 Å². The number of sulfonamides is 1. The molecule has 45 heavy (non-hydrogen) atoms. The van der Waals surface area contributed by atoms with Gasteiger partial charge in [-0.05, 0) is 86.2 Å². The summed E-state index contributed by atoms with van der Waals surface area (Å²) in [4.78, 5) is 31.1. The van der Waals surface area contributed by atoms with Gasteiger partial charge in [0.05, 0.1) is 30.5 Å². The van der Waals surface area contributed by atoms with Crippen LogP contribution in [-0.4, -0.2) is 47.7 Å². The standard InChI is InChI=1S/C34H36N4O6S/c1-5-37(6-2)26-16-18-27(19-17-26)38(34(40)36-45(41,42)29-22-20-28(43-3)21-23-29)31(24-25-12-8-7-9-13-25)33(39)35-30-14-10-11-15-32(30)44-4/h7-24H,5-6H2,1-4H3,(H,35,39)(H,36,40)/b31-24+. The SMILES string of the molecule is CCN(CC)c1ccc(N(C(=O)NS(=O)(=O)c2ccc(OC)cc2)/C(=C/c2ccccc2)C(=O)Nc2ccccc2OC)cc1. The first kappa shape index (κ1) is 32.6. The second-order valence-corrected chi connectivity index (χ2v) is 11.4. The maximum atomic E-state index is 14.1. The number of benzene rings is 4. The summed E-state index contributed by atoms with van der Waals surface area (Å²) in [6.07, 6.45) is 1.52. The number of nitrogens with one attached hydrogen (secondary N) is 2. The van der Waals surface area contributed by atoms with Gasteiger partial charge in [0, 0.05) is 18.8 Å². The normalized spacial score (nSPS) is 11.3. The molecule has 11 heteroatoms. The summed E-state index contributed by atoms with van der Waals surface area (Å²) in [5, 5.41) is 2.82. The first-order valence-corrected chi connectivity index (χ1v) is 15.8. The third-order valence-electron chi connectivity index (χ3n) is 6.96. The first-order chi connectivity index (χ1) is 21.7. The maximum absolute atomic E-state index is 14.1. The molecule has 0 unspecified atom stereocenters. The molecule has 4 aromatic rings. The van der Waals surface area contributed by atoms with E-state index in [1.165, 1.54) is 44.6 Å². The fourth-order valence-corrected chi connectivity index (χ4v) is 5.55. The van der Waals surface area contributed by atoms with Crippen molar-refractivity contribution in [3.8, 4) is 11.5 Å². The molecule has 0 spiro atoms. The van der Waals surface area contributed by atoms with Crippen LogP contribution < -0.4 is 29.3 Å². The molecular formula is C34H36N4O6S.